The van der Waals surface area contributed by atoms with Crippen LogP contribution in [0.25, 0.3) is 0 Å². The number of carbonyl (C=O) groups excluding carboxylic acids is 7. The number of nitrogens with zero attached hydrogens (tertiary/aromatic N) is 16. The van der Waals surface area contributed by atoms with E-state index in [9.17, 15) is 67.6 Å². The van der Waals surface area contributed by atoms with E-state index in [1.807, 2.05) is 27.0 Å². The molecule has 0 aromatic carbocycles. The standard InChI is InChI=1S/C36H54N6O6.C25H40N4O5.C24H36N6O6/c1-31(2)10-25(38-23-43)12-34(7,16-31)19-40-28(45)41(20-35(8)13-26(39-24-44)11-32(3,4)17-35)30(47)42(29(40)46)21-36(9)15-27(48-22-37)14-33(5,6)18-36;26-21-34-20-14-8-7-13-19-29(24(32)15-9-3-1-5-11-17-27-22-30)25(33)16-10-4-2-6-12-18-28-23-31;25-19-35-17-11-5-3-9-15-29-22(32)28(14-8-2-1-7-13-27-21-31)23(33)30(24(29)34)16-10-4-6-12-18-36-20-26/h25-27H,10-21H2,1-9H3;1-20H2;1-18H2. The van der Waals surface area contributed by atoms with Gasteiger partial charge in [0.25, 0.3) is 25.0 Å². The van der Waals surface area contributed by atoms with Crippen LogP contribution in [0.1, 0.15) is 300 Å². The molecule has 652 valence electrons. The van der Waals surface area contributed by atoms with Crippen molar-refractivity contribution in [1.29, 1.82) is 21.0 Å². The van der Waals surface area contributed by atoms with Crippen molar-refractivity contribution >= 4 is 42.2 Å². The summed E-state index contributed by atoms with van der Waals surface area (Å²) in [5, 5.41) is 34.5. The average Bonchev–Trinajstić information content (AvgIpc) is 0.746. The van der Waals surface area contributed by atoms with E-state index < -0.39 is 50.4 Å². The Morgan fingerprint density at radius 1 is 0.356 bits per heavy atom. The maximum Gasteiger partial charge on any atom is 0.336 e. The Labute approximate surface area is 693 Å². The van der Waals surface area contributed by atoms with Gasteiger partial charge in [-0.1, -0.05) is 133 Å². The molecule has 3 saturated carbocycles. The number of hydrogen-bond acceptors (Lipinski definition) is 26. The second kappa shape index (κ2) is 54.9. The maximum atomic E-state index is 14.4. The molecule has 0 radical (unpaired) electrons. The lowest BCUT2D eigenvalue weighted by Gasteiger charge is -2.46. The van der Waals surface area contributed by atoms with Gasteiger partial charge in [-0.25, -0.2) is 105 Å². The van der Waals surface area contributed by atoms with Gasteiger partial charge in [0.1, 0.15) is 25.9 Å². The number of rotatable bonds is 53. The smallest absolute Gasteiger partial charge is 0.336 e. The molecule has 3 fully saturated rings. The molecule has 118 heavy (non-hydrogen) atoms. The Balaban J connectivity index is 0.000000468. The first kappa shape index (κ1) is 102. The van der Waals surface area contributed by atoms with E-state index >= 15 is 0 Å². The normalized spacial score (nSPS) is 19.8. The number of unbranched alkanes of at least 4 members (excludes halogenated alkanes) is 20. The fourth-order valence-electron chi connectivity index (χ4n) is 18.2. The van der Waals surface area contributed by atoms with Gasteiger partial charge in [-0.05, 0) is 187 Å². The number of ether oxygens (including phenoxy) is 4. The number of aliphatic imine (C=N–C) groups is 5. The van der Waals surface area contributed by atoms with Crippen molar-refractivity contribution in [2.75, 3.05) is 46.0 Å². The van der Waals surface area contributed by atoms with Crippen molar-refractivity contribution < 1.29 is 52.5 Å². The van der Waals surface area contributed by atoms with Gasteiger partial charge in [-0.3, -0.25) is 14.5 Å². The minimum Gasteiger partial charge on any atom is -0.428 e. The van der Waals surface area contributed by atoms with E-state index in [0.717, 1.165) is 149 Å². The van der Waals surface area contributed by atoms with Gasteiger partial charge in [0.15, 0.2) is 0 Å². The number of nitriles is 4. The molecule has 2 aromatic heterocycles. The molecule has 5 rings (SSSR count). The quantitative estimate of drug-likeness (QED) is 0.0257. The molecule has 0 N–H and O–H groups in total. The topological polar surface area (TPSA) is 449 Å². The molecule has 33 heteroatoms. The van der Waals surface area contributed by atoms with E-state index in [-0.39, 0.29) is 85.5 Å². The van der Waals surface area contributed by atoms with Gasteiger partial charge in [0.2, 0.25) is 42.2 Å². The third-order valence-electron chi connectivity index (χ3n) is 22.2. The SMILES string of the molecule is CC1(C)CC(N=C=O)CC(C)(Cn2c(=O)n(CC3(C)CC(N=C=O)CC(C)(C)C3)c(=O)n(CC3(C)CC(OC#N)CC(C)(C)C3)c2=O)C1.N#COCCCCCCN(C(=O)CCCCCCCN=C=O)C(=O)CCCCCCCN=C=O.N#COCCCCCCn1c(=O)n(CCCCCCN=C=O)c(=O)n(CCCCCCOC#N)c1=O. The van der Waals surface area contributed by atoms with Crippen LogP contribution in [-0.4, -0.2) is 139 Å². The number of hydrogen-bond donors (Lipinski definition) is 0. The highest BCUT2D eigenvalue weighted by atomic mass is 16.5. The van der Waals surface area contributed by atoms with Gasteiger partial charge < -0.3 is 18.9 Å². The molecular weight excluding hydrogens is 1520 g/mol. The van der Waals surface area contributed by atoms with Gasteiger partial charge in [0, 0.05) is 58.7 Å². The summed E-state index contributed by atoms with van der Waals surface area (Å²) < 4.78 is 26.4. The second-order valence-electron chi connectivity index (χ2n) is 35.5. The number of isocyanates is 5. The monoisotopic (exact) mass is 1650 g/mol. The first-order valence-corrected chi connectivity index (χ1v) is 42.4. The molecule has 3 aliphatic rings. The van der Waals surface area contributed by atoms with Crippen LogP contribution >= 0.6 is 0 Å². The van der Waals surface area contributed by atoms with Crippen molar-refractivity contribution in [2.45, 2.75) is 357 Å². The van der Waals surface area contributed by atoms with Crippen molar-refractivity contribution in [3.8, 4) is 25.0 Å². The van der Waals surface area contributed by atoms with Gasteiger partial charge in [-0.15, -0.1) is 0 Å². The Morgan fingerprint density at radius 2 is 0.644 bits per heavy atom. The summed E-state index contributed by atoms with van der Waals surface area (Å²) in [6.07, 6.45) is 41.4. The molecule has 0 bridgehead atoms. The number of imide groups is 1. The molecule has 2 heterocycles. The predicted molar refractivity (Wildman–Crippen MR) is 440 cm³/mol. The Morgan fingerprint density at radius 3 is 0.966 bits per heavy atom. The largest absolute Gasteiger partial charge is 0.428 e. The first-order chi connectivity index (χ1) is 56.3. The maximum absolute atomic E-state index is 14.4. The minimum atomic E-state index is -0.666. The van der Waals surface area contributed by atoms with Crippen molar-refractivity contribution in [1.82, 2.24) is 32.3 Å². The van der Waals surface area contributed by atoms with Gasteiger partial charge in [-0.2, -0.15) is 21.0 Å². The number of carbonyl (C=O) groups is 2. The van der Waals surface area contributed by atoms with E-state index in [2.05, 4.69) is 80.7 Å². The minimum absolute atomic E-state index is 0.0558. The predicted octanol–water partition coefficient (Wildman–Crippen LogP) is 12.0. The molecule has 6 atom stereocenters. The highest BCUT2D eigenvalue weighted by molar-refractivity contribution is 5.95. The lowest BCUT2D eigenvalue weighted by molar-refractivity contribution is -0.145. The zero-order valence-corrected chi connectivity index (χ0v) is 71.7. The summed E-state index contributed by atoms with van der Waals surface area (Å²) in [6, 6.07) is -0.585. The lowest BCUT2D eigenvalue weighted by atomic mass is 9.62. The molecule has 6 unspecified atom stereocenters. The zero-order valence-electron chi connectivity index (χ0n) is 71.7. The lowest BCUT2D eigenvalue weighted by Crippen LogP contribution is -2.59. The fraction of sp³-hybridized carbons (Fsp3) is 0.800. The van der Waals surface area contributed by atoms with Crippen LogP contribution in [0.2, 0.25) is 0 Å². The summed E-state index contributed by atoms with van der Waals surface area (Å²) in [5.41, 5.74) is -6.11. The van der Waals surface area contributed by atoms with E-state index in [4.69, 9.17) is 20.5 Å². The number of amides is 2. The zero-order chi connectivity index (χ0) is 87.5. The number of aromatic nitrogens is 6. The van der Waals surface area contributed by atoms with Gasteiger partial charge in [0.05, 0.1) is 31.7 Å². The van der Waals surface area contributed by atoms with Crippen molar-refractivity contribution in [3.05, 3.63) is 62.9 Å². The van der Waals surface area contributed by atoms with Crippen LogP contribution in [-0.2, 0) is 91.8 Å². The summed E-state index contributed by atoms with van der Waals surface area (Å²) >= 11 is 0. The third kappa shape index (κ3) is 38.6. The first-order valence-electron chi connectivity index (χ1n) is 42.4. The summed E-state index contributed by atoms with van der Waals surface area (Å²) in [7, 11) is 0. The Kier molecular flexibility index (Phi) is 47.6. The van der Waals surface area contributed by atoms with Crippen LogP contribution in [0.5, 0.6) is 0 Å². The molecular formula is C85H130N16O17. The van der Waals surface area contributed by atoms with Crippen molar-refractivity contribution in [2.24, 2.45) is 57.5 Å². The molecule has 0 saturated heterocycles. The Hall–Kier alpha value is -9.98. The van der Waals surface area contributed by atoms with E-state index in [0.29, 0.717) is 149 Å². The summed E-state index contributed by atoms with van der Waals surface area (Å²) in [5.74, 6) is -0.204. The highest BCUT2D eigenvalue weighted by Gasteiger charge is 2.47. The van der Waals surface area contributed by atoms with Crippen molar-refractivity contribution in [3.63, 3.8) is 0 Å². The molecule has 2 amide bonds. The molecule has 3 aliphatic carbocycles. The third-order valence-corrected chi connectivity index (χ3v) is 22.2. The van der Waals surface area contributed by atoms with E-state index in [1.165, 1.54) is 36.8 Å². The van der Waals surface area contributed by atoms with Gasteiger partial charge >= 0.3 is 34.1 Å². The average molecular weight is 1650 g/mol. The molecule has 0 aliphatic heterocycles. The fourth-order valence-corrected chi connectivity index (χ4v) is 18.2. The van der Waals surface area contributed by atoms with E-state index in [1.54, 1.807) is 30.9 Å². The van der Waals surface area contributed by atoms with Crippen LogP contribution in [0.15, 0.2) is 53.7 Å². The Bertz CT molecular complexity index is 4080. The highest BCUT2D eigenvalue weighted by Crippen LogP contribution is 2.50. The van der Waals surface area contributed by atoms with Crippen LogP contribution < -0.4 is 34.1 Å². The van der Waals surface area contributed by atoms with Crippen LogP contribution in [0.4, 0.5) is 0 Å². The molecule has 0 spiro atoms. The summed E-state index contributed by atoms with van der Waals surface area (Å²) in [4.78, 5) is 181. The second-order valence-corrected chi connectivity index (χ2v) is 35.5. The molecule has 2 aromatic rings. The summed E-state index contributed by atoms with van der Waals surface area (Å²) in [6.45, 7) is 22.3. The van der Waals surface area contributed by atoms with Crippen LogP contribution in [0.3, 0.4) is 0 Å². The van der Waals surface area contributed by atoms with Crippen LogP contribution in [0, 0.1) is 78.6 Å². The molecule has 33 nitrogen and oxygen atoms in total.